The van der Waals surface area contributed by atoms with E-state index < -0.39 is 0 Å². The molecule has 0 N–H and O–H groups in total. The summed E-state index contributed by atoms with van der Waals surface area (Å²) in [5, 5.41) is 1.36. The molecule has 0 saturated carbocycles. The van der Waals surface area contributed by atoms with Crippen molar-refractivity contribution in [2.24, 2.45) is 0 Å². The van der Waals surface area contributed by atoms with E-state index in [-0.39, 0.29) is 0 Å². The van der Waals surface area contributed by atoms with Crippen LogP contribution in [-0.2, 0) is 0 Å². The molecule has 0 saturated heterocycles. The Bertz CT molecular complexity index is 29.4. The summed E-state index contributed by atoms with van der Waals surface area (Å²) < 4.78 is 0. The summed E-state index contributed by atoms with van der Waals surface area (Å²) in [5.41, 5.74) is 0. The fraction of sp³-hybridized carbons (Fsp3) is 1.00. The molecule has 0 aliphatic heterocycles. The first kappa shape index (κ1) is 8.60. The summed E-state index contributed by atoms with van der Waals surface area (Å²) in [4.78, 5) is 0. The van der Waals surface area contributed by atoms with Crippen LogP contribution in [0, 0.1) is 0 Å². The van der Waals surface area contributed by atoms with Crippen LogP contribution in [0.3, 0.4) is 0 Å². The SMILES string of the molecule is [Li][CH2]CCCCCC. The summed E-state index contributed by atoms with van der Waals surface area (Å²) in [5.74, 6) is 0. The normalized spacial score (nSPS) is 9.88. The van der Waals surface area contributed by atoms with E-state index in [0.717, 1.165) is 0 Å². The van der Waals surface area contributed by atoms with E-state index in [1.807, 2.05) is 0 Å². The zero-order valence-electron chi connectivity index (χ0n) is 6.24. The Balaban J connectivity index is 2.53. The summed E-state index contributed by atoms with van der Waals surface area (Å²) in [7, 11) is 0. The third-order valence-corrected chi connectivity index (χ3v) is 1.46. The number of unbranched alkanes of at least 4 members (excludes halogenated alkanes) is 4. The van der Waals surface area contributed by atoms with Crippen molar-refractivity contribution in [2.45, 2.75) is 44.1 Å². The second kappa shape index (κ2) is 7.60. The summed E-state index contributed by atoms with van der Waals surface area (Å²) in [6.07, 6.45) is 7.12. The molecule has 0 nitrogen and oxygen atoms in total. The van der Waals surface area contributed by atoms with Crippen molar-refractivity contribution in [3.63, 3.8) is 0 Å². The van der Waals surface area contributed by atoms with Gasteiger partial charge in [0.05, 0.1) is 0 Å². The third kappa shape index (κ3) is 6.60. The van der Waals surface area contributed by atoms with Crippen LogP contribution >= 0.6 is 0 Å². The standard InChI is InChI=1S/C7H15.Li/c1-3-5-7-6-4-2;/h1,3-7H2,2H3;. The molecule has 8 heavy (non-hydrogen) atoms. The van der Waals surface area contributed by atoms with E-state index in [1.54, 1.807) is 0 Å². The molecule has 0 amide bonds. The minimum atomic E-state index is 1.36. The van der Waals surface area contributed by atoms with Crippen molar-refractivity contribution in [2.75, 3.05) is 0 Å². The predicted octanol–water partition coefficient (Wildman–Crippen LogP) is 2.54. The molecule has 0 spiro atoms. The first-order valence-corrected chi connectivity index (χ1v) is 3.91. The van der Waals surface area contributed by atoms with Gasteiger partial charge in [0.15, 0.2) is 0 Å². The van der Waals surface area contributed by atoms with Gasteiger partial charge in [0, 0.05) is 0 Å². The molecule has 0 aliphatic carbocycles. The van der Waals surface area contributed by atoms with E-state index in [1.165, 1.54) is 37.2 Å². The molecule has 0 aromatic rings. The molecule has 44 valence electrons. The van der Waals surface area contributed by atoms with Crippen LogP contribution in [0.15, 0.2) is 0 Å². The van der Waals surface area contributed by atoms with Gasteiger partial charge in [-0.1, -0.05) is 0 Å². The molecule has 0 aromatic carbocycles. The van der Waals surface area contributed by atoms with Crippen LogP contribution in [0.25, 0.3) is 0 Å². The van der Waals surface area contributed by atoms with Crippen LogP contribution in [0.2, 0.25) is 5.09 Å². The molecule has 0 fully saturated rings. The monoisotopic (exact) mass is 106 g/mol. The Kier molecular flexibility index (Phi) is 8.16. The Labute approximate surface area is 62.3 Å². The average molecular weight is 106 g/mol. The Hall–Kier alpha value is 0.597. The number of hydrogen-bond acceptors (Lipinski definition) is 0. The summed E-state index contributed by atoms with van der Waals surface area (Å²) >= 11 is 2.26. The molecular weight excluding hydrogens is 91.0 g/mol. The number of hydrogen-bond donors (Lipinski definition) is 0. The quantitative estimate of drug-likeness (QED) is 0.373. The van der Waals surface area contributed by atoms with Gasteiger partial charge in [-0.05, 0) is 0 Å². The molecule has 0 radical (unpaired) electrons. The van der Waals surface area contributed by atoms with Gasteiger partial charge >= 0.3 is 61.8 Å². The van der Waals surface area contributed by atoms with Gasteiger partial charge in [-0.2, -0.15) is 0 Å². The minimum absolute atomic E-state index is 1.36. The fourth-order valence-corrected chi connectivity index (χ4v) is 0.854. The Morgan fingerprint density at radius 2 is 1.62 bits per heavy atom. The molecule has 0 atom stereocenters. The van der Waals surface area contributed by atoms with Gasteiger partial charge in [-0.25, -0.2) is 0 Å². The van der Waals surface area contributed by atoms with Gasteiger partial charge in [0.2, 0.25) is 0 Å². The molecule has 0 aromatic heterocycles. The van der Waals surface area contributed by atoms with Gasteiger partial charge < -0.3 is 0 Å². The summed E-state index contributed by atoms with van der Waals surface area (Å²) in [6.45, 7) is 2.26. The molecule has 0 heterocycles. The van der Waals surface area contributed by atoms with Gasteiger partial charge in [-0.3, -0.25) is 0 Å². The van der Waals surface area contributed by atoms with E-state index in [4.69, 9.17) is 0 Å². The first-order chi connectivity index (χ1) is 3.91. The predicted molar refractivity (Wildman–Crippen MR) is 39.3 cm³/mol. The van der Waals surface area contributed by atoms with E-state index >= 15 is 0 Å². The number of rotatable bonds is 5. The van der Waals surface area contributed by atoms with Crippen molar-refractivity contribution < 1.29 is 0 Å². The van der Waals surface area contributed by atoms with Crippen molar-refractivity contribution in [1.29, 1.82) is 0 Å². The van der Waals surface area contributed by atoms with Crippen molar-refractivity contribution in [1.82, 2.24) is 0 Å². The summed E-state index contributed by atoms with van der Waals surface area (Å²) in [6, 6.07) is 0. The van der Waals surface area contributed by atoms with Crippen LogP contribution in [0.1, 0.15) is 39.0 Å². The van der Waals surface area contributed by atoms with Crippen LogP contribution in [0.4, 0.5) is 0 Å². The molecular formula is C7H15Li. The van der Waals surface area contributed by atoms with Gasteiger partial charge in [-0.15, -0.1) is 0 Å². The third-order valence-electron chi connectivity index (χ3n) is 1.46. The average Bonchev–Trinajstić information content (AvgIpc) is 1.81. The second-order valence-electron chi connectivity index (χ2n) is 2.41. The zero-order chi connectivity index (χ0) is 6.24. The van der Waals surface area contributed by atoms with Gasteiger partial charge in [0.25, 0.3) is 0 Å². The molecule has 0 rings (SSSR count). The molecule has 0 unspecified atom stereocenters. The van der Waals surface area contributed by atoms with Crippen LogP contribution < -0.4 is 0 Å². The topological polar surface area (TPSA) is 0 Å². The Morgan fingerprint density at radius 1 is 1.00 bits per heavy atom. The zero-order valence-corrected chi connectivity index (χ0v) is 6.24. The van der Waals surface area contributed by atoms with Crippen LogP contribution in [0.5, 0.6) is 0 Å². The first-order valence-electron chi connectivity index (χ1n) is 3.91. The van der Waals surface area contributed by atoms with Crippen molar-refractivity contribution in [3.8, 4) is 0 Å². The maximum atomic E-state index is 2.26. The molecule has 1 heteroatoms. The molecule has 0 bridgehead atoms. The van der Waals surface area contributed by atoms with Crippen LogP contribution in [-0.4, -0.2) is 17.7 Å². The Morgan fingerprint density at radius 3 is 2.12 bits per heavy atom. The van der Waals surface area contributed by atoms with Gasteiger partial charge in [0.1, 0.15) is 0 Å². The fourth-order valence-electron chi connectivity index (χ4n) is 0.854. The van der Waals surface area contributed by atoms with E-state index in [9.17, 15) is 0 Å². The second-order valence-corrected chi connectivity index (χ2v) is 2.41. The maximum absolute atomic E-state index is 2.26. The van der Waals surface area contributed by atoms with Crippen molar-refractivity contribution in [3.05, 3.63) is 0 Å². The van der Waals surface area contributed by atoms with E-state index in [2.05, 4.69) is 24.6 Å². The van der Waals surface area contributed by atoms with Crippen molar-refractivity contribution >= 4 is 17.7 Å². The van der Waals surface area contributed by atoms with E-state index in [0.29, 0.717) is 0 Å². The molecule has 0 aliphatic rings.